The van der Waals surface area contributed by atoms with E-state index in [9.17, 15) is 4.79 Å². The molecule has 0 saturated carbocycles. The Balaban J connectivity index is 2.55. The molecule has 1 heterocycles. The van der Waals surface area contributed by atoms with Crippen molar-refractivity contribution in [3.05, 3.63) is 0 Å². The number of carbonyl (C=O) groups is 1. The number of carbonyl (C=O) groups excluding carboxylic acids is 1. The van der Waals surface area contributed by atoms with Crippen LogP contribution in [0.2, 0.25) is 0 Å². The van der Waals surface area contributed by atoms with Crippen molar-refractivity contribution < 1.29 is 9.53 Å². The van der Waals surface area contributed by atoms with Gasteiger partial charge in [-0.3, -0.25) is 0 Å². The van der Waals surface area contributed by atoms with Crippen molar-refractivity contribution in [1.29, 1.82) is 0 Å². The summed E-state index contributed by atoms with van der Waals surface area (Å²) >= 11 is 0. The van der Waals surface area contributed by atoms with Crippen molar-refractivity contribution >= 4 is 6.09 Å². The highest BCUT2D eigenvalue weighted by atomic mass is 16.6. The number of amides is 1. The van der Waals surface area contributed by atoms with Crippen molar-refractivity contribution in [1.82, 2.24) is 4.90 Å². The van der Waals surface area contributed by atoms with E-state index >= 15 is 0 Å². The number of hydrogen-bond donors (Lipinski definition) is 0. The molecule has 3 heteroatoms. The van der Waals surface area contributed by atoms with Gasteiger partial charge >= 0.3 is 6.09 Å². The third-order valence-electron chi connectivity index (χ3n) is 2.35. The lowest BCUT2D eigenvalue weighted by molar-refractivity contribution is 0.0724. The van der Waals surface area contributed by atoms with E-state index in [-0.39, 0.29) is 17.6 Å². The van der Waals surface area contributed by atoms with E-state index in [2.05, 4.69) is 27.7 Å². The second-order valence-corrected chi connectivity index (χ2v) is 4.68. The molecule has 0 aromatic heterocycles. The van der Waals surface area contributed by atoms with E-state index in [0.717, 1.165) is 19.5 Å². The lowest BCUT2D eigenvalue weighted by Gasteiger charge is -2.24. The fourth-order valence-electron chi connectivity index (χ4n) is 1.41. The predicted octanol–water partition coefficient (Wildman–Crippen LogP) is 2.26. The fraction of sp³-hybridized carbons (Fsp3) is 0.900. The van der Waals surface area contributed by atoms with Gasteiger partial charge in [0.1, 0.15) is 6.10 Å². The van der Waals surface area contributed by atoms with Crippen LogP contribution in [0.1, 0.15) is 34.1 Å². The molecule has 1 aliphatic rings. The van der Waals surface area contributed by atoms with Crippen LogP contribution >= 0.6 is 0 Å². The van der Waals surface area contributed by atoms with Gasteiger partial charge in [0.25, 0.3) is 0 Å². The molecule has 0 N–H and O–H groups in total. The van der Waals surface area contributed by atoms with Gasteiger partial charge in [-0.2, -0.15) is 0 Å². The Morgan fingerprint density at radius 2 is 2.15 bits per heavy atom. The summed E-state index contributed by atoms with van der Waals surface area (Å²) in [6.45, 7) is 9.92. The van der Waals surface area contributed by atoms with E-state index in [4.69, 9.17) is 4.74 Å². The maximum atomic E-state index is 11.3. The summed E-state index contributed by atoms with van der Waals surface area (Å²) in [4.78, 5) is 13.1. The molecule has 1 atom stereocenters. The van der Waals surface area contributed by atoms with Gasteiger partial charge in [0.05, 0.1) is 6.54 Å². The van der Waals surface area contributed by atoms with E-state index in [1.807, 2.05) is 0 Å². The first-order valence-electron chi connectivity index (χ1n) is 4.90. The van der Waals surface area contributed by atoms with Gasteiger partial charge in [0.2, 0.25) is 0 Å². The van der Waals surface area contributed by atoms with Gasteiger partial charge in [-0.25, -0.2) is 4.79 Å². The quantitative estimate of drug-likeness (QED) is 0.660. The Morgan fingerprint density at radius 1 is 1.54 bits per heavy atom. The lowest BCUT2D eigenvalue weighted by atomic mass is 9.89. The van der Waals surface area contributed by atoms with E-state index in [1.54, 1.807) is 4.90 Å². The highest BCUT2D eigenvalue weighted by Gasteiger charge is 2.37. The highest BCUT2D eigenvalue weighted by Crippen LogP contribution is 2.27. The van der Waals surface area contributed by atoms with E-state index in [1.165, 1.54) is 0 Å². The molecule has 1 aliphatic heterocycles. The SMILES string of the molecule is CCCN1CC(C(C)(C)C)OC1=O. The van der Waals surface area contributed by atoms with Gasteiger partial charge in [-0.05, 0) is 6.42 Å². The first-order chi connectivity index (χ1) is 5.95. The monoisotopic (exact) mass is 185 g/mol. The van der Waals surface area contributed by atoms with Crippen LogP contribution < -0.4 is 0 Å². The largest absolute Gasteiger partial charge is 0.444 e. The van der Waals surface area contributed by atoms with Gasteiger partial charge in [-0.1, -0.05) is 27.7 Å². The van der Waals surface area contributed by atoms with Crippen molar-refractivity contribution in [2.24, 2.45) is 5.41 Å². The smallest absolute Gasteiger partial charge is 0.410 e. The number of hydrogen-bond acceptors (Lipinski definition) is 2. The molecule has 0 aromatic rings. The van der Waals surface area contributed by atoms with Crippen LogP contribution in [0.15, 0.2) is 0 Å². The normalized spacial score (nSPS) is 23.5. The average Bonchev–Trinajstić information content (AvgIpc) is 2.32. The first kappa shape index (κ1) is 10.4. The highest BCUT2D eigenvalue weighted by molar-refractivity contribution is 5.69. The molecule has 76 valence electrons. The molecule has 0 aromatic carbocycles. The minimum Gasteiger partial charge on any atom is -0.444 e. The summed E-state index contributed by atoms with van der Waals surface area (Å²) in [5, 5.41) is 0. The van der Waals surface area contributed by atoms with Crippen LogP contribution in [0.3, 0.4) is 0 Å². The molecule has 3 nitrogen and oxygen atoms in total. The van der Waals surface area contributed by atoms with Crippen molar-refractivity contribution in [3.63, 3.8) is 0 Å². The Morgan fingerprint density at radius 3 is 2.54 bits per heavy atom. The zero-order valence-electron chi connectivity index (χ0n) is 8.96. The number of nitrogens with zero attached hydrogens (tertiary/aromatic N) is 1. The second-order valence-electron chi connectivity index (χ2n) is 4.68. The Hall–Kier alpha value is -0.730. The number of ether oxygens (including phenoxy) is 1. The average molecular weight is 185 g/mol. The van der Waals surface area contributed by atoms with Gasteiger partial charge in [0.15, 0.2) is 0 Å². The Bertz CT molecular complexity index is 196. The Kier molecular flexibility index (Phi) is 2.84. The zero-order chi connectivity index (χ0) is 10.1. The third kappa shape index (κ3) is 2.36. The van der Waals surface area contributed by atoms with Crippen LogP contribution in [0, 0.1) is 5.41 Å². The molecule has 0 aliphatic carbocycles. The Labute approximate surface area is 80.1 Å². The zero-order valence-corrected chi connectivity index (χ0v) is 8.96. The molecule has 1 rings (SSSR count). The van der Waals surface area contributed by atoms with Crippen LogP contribution in [-0.4, -0.2) is 30.2 Å². The molecule has 13 heavy (non-hydrogen) atoms. The van der Waals surface area contributed by atoms with Crippen LogP contribution in [0.25, 0.3) is 0 Å². The van der Waals surface area contributed by atoms with E-state index in [0.29, 0.717) is 0 Å². The third-order valence-corrected chi connectivity index (χ3v) is 2.35. The molecule has 0 spiro atoms. The maximum absolute atomic E-state index is 11.3. The van der Waals surface area contributed by atoms with Gasteiger partial charge < -0.3 is 9.64 Å². The number of rotatable bonds is 2. The summed E-state index contributed by atoms with van der Waals surface area (Å²) in [5.41, 5.74) is 0.0537. The summed E-state index contributed by atoms with van der Waals surface area (Å²) < 4.78 is 5.28. The maximum Gasteiger partial charge on any atom is 0.410 e. The van der Waals surface area contributed by atoms with Crippen LogP contribution in [0.5, 0.6) is 0 Å². The topological polar surface area (TPSA) is 29.5 Å². The summed E-state index contributed by atoms with van der Waals surface area (Å²) in [7, 11) is 0. The van der Waals surface area contributed by atoms with Gasteiger partial charge in [0, 0.05) is 12.0 Å². The first-order valence-corrected chi connectivity index (χ1v) is 4.90. The van der Waals surface area contributed by atoms with E-state index < -0.39 is 0 Å². The van der Waals surface area contributed by atoms with Crippen molar-refractivity contribution in [3.8, 4) is 0 Å². The molecule has 1 unspecified atom stereocenters. The summed E-state index contributed by atoms with van der Waals surface area (Å²) in [6, 6.07) is 0. The van der Waals surface area contributed by atoms with Crippen LogP contribution in [0.4, 0.5) is 4.79 Å². The lowest BCUT2D eigenvalue weighted by Crippen LogP contribution is -2.31. The molecular weight excluding hydrogens is 166 g/mol. The summed E-state index contributed by atoms with van der Waals surface area (Å²) in [6.07, 6.45) is 0.889. The molecular formula is C10H19NO2. The second kappa shape index (κ2) is 3.56. The molecule has 0 bridgehead atoms. The summed E-state index contributed by atoms with van der Waals surface area (Å²) in [5.74, 6) is 0. The predicted molar refractivity (Wildman–Crippen MR) is 51.6 cm³/mol. The number of cyclic esters (lactones) is 1. The van der Waals surface area contributed by atoms with Crippen molar-refractivity contribution in [2.45, 2.75) is 40.2 Å². The molecule has 1 fully saturated rings. The molecule has 1 saturated heterocycles. The fourth-order valence-corrected chi connectivity index (χ4v) is 1.41. The standard InChI is InChI=1S/C10H19NO2/c1-5-6-11-7-8(10(2,3)4)13-9(11)12/h8H,5-7H2,1-4H3. The minimum atomic E-state index is -0.151. The van der Waals surface area contributed by atoms with Gasteiger partial charge in [-0.15, -0.1) is 0 Å². The minimum absolute atomic E-state index is 0.0477. The van der Waals surface area contributed by atoms with Crippen LogP contribution in [-0.2, 0) is 4.74 Å². The van der Waals surface area contributed by atoms with Crippen molar-refractivity contribution in [2.75, 3.05) is 13.1 Å². The molecule has 1 amide bonds. The molecule has 0 radical (unpaired) electrons.